The summed E-state index contributed by atoms with van der Waals surface area (Å²) in [6.07, 6.45) is -0.565. The van der Waals surface area contributed by atoms with Gasteiger partial charge in [-0.1, -0.05) is 46.3 Å². The first-order chi connectivity index (χ1) is 8.66. The third-order valence-corrected chi connectivity index (χ3v) is 3.01. The van der Waals surface area contributed by atoms with Crippen LogP contribution >= 0.6 is 15.9 Å². The van der Waals surface area contributed by atoms with Crippen molar-refractivity contribution in [3.63, 3.8) is 0 Å². The minimum Gasteiger partial charge on any atom is -0.478 e. The summed E-state index contributed by atoms with van der Waals surface area (Å²) < 4.78 is 6.68. The molecule has 0 amide bonds. The largest absolute Gasteiger partial charge is 0.478 e. The fraction of sp³-hybridized carbons (Fsp3) is 0.133. The quantitative estimate of drug-likeness (QED) is 0.848. The molecule has 2 nitrogen and oxygen atoms in total. The molecule has 92 valence electrons. The highest BCUT2D eigenvalue weighted by molar-refractivity contribution is 9.10. The van der Waals surface area contributed by atoms with E-state index in [0.717, 1.165) is 10.0 Å². The number of hydrogen-bond acceptors (Lipinski definition) is 2. The molecule has 3 heteroatoms. The van der Waals surface area contributed by atoms with Crippen LogP contribution in [-0.2, 0) is 4.79 Å². The molecule has 18 heavy (non-hydrogen) atoms. The van der Waals surface area contributed by atoms with Crippen molar-refractivity contribution in [1.82, 2.24) is 0 Å². The maximum atomic E-state index is 11.7. The topological polar surface area (TPSA) is 26.3 Å². The molecule has 0 aromatic heterocycles. The van der Waals surface area contributed by atoms with E-state index in [4.69, 9.17) is 4.74 Å². The monoisotopic (exact) mass is 304 g/mol. The van der Waals surface area contributed by atoms with Gasteiger partial charge in [-0.25, -0.2) is 0 Å². The molecule has 0 N–H and O–H groups in total. The van der Waals surface area contributed by atoms with Crippen molar-refractivity contribution in [2.24, 2.45) is 0 Å². The van der Waals surface area contributed by atoms with Gasteiger partial charge in [-0.2, -0.15) is 0 Å². The van der Waals surface area contributed by atoms with Crippen LogP contribution < -0.4 is 4.74 Å². The van der Waals surface area contributed by atoms with E-state index in [9.17, 15) is 4.79 Å². The summed E-state index contributed by atoms with van der Waals surface area (Å²) in [5.41, 5.74) is 0.848. The SMILES string of the molecule is CC(=O)C(Oc1ccccc1)c1cccc(Br)c1. The zero-order valence-corrected chi connectivity index (χ0v) is 11.6. The average molecular weight is 305 g/mol. The highest BCUT2D eigenvalue weighted by atomic mass is 79.9. The van der Waals surface area contributed by atoms with Gasteiger partial charge in [0.1, 0.15) is 5.75 Å². The predicted octanol–water partition coefficient (Wildman–Crippen LogP) is 4.16. The molecule has 2 rings (SSSR count). The number of ketones is 1. The number of ether oxygens (including phenoxy) is 1. The third-order valence-electron chi connectivity index (χ3n) is 2.52. The lowest BCUT2D eigenvalue weighted by Gasteiger charge is -2.17. The summed E-state index contributed by atoms with van der Waals surface area (Å²) >= 11 is 3.40. The highest BCUT2D eigenvalue weighted by Gasteiger charge is 2.18. The number of Topliss-reactive ketones (excluding diaryl/α,β-unsaturated/α-hetero) is 1. The Kier molecular flexibility index (Phi) is 4.15. The van der Waals surface area contributed by atoms with Crippen LogP contribution in [0, 0.1) is 0 Å². The zero-order valence-electron chi connectivity index (χ0n) is 9.97. The number of halogens is 1. The molecule has 0 bridgehead atoms. The molecule has 0 aliphatic carbocycles. The number of carbonyl (C=O) groups is 1. The molecule has 0 fully saturated rings. The van der Waals surface area contributed by atoms with Crippen molar-refractivity contribution in [3.05, 3.63) is 64.6 Å². The van der Waals surface area contributed by atoms with Crippen LogP contribution in [0.4, 0.5) is 0 Å². The van der Waals surface area contributed by atoms with Gasteiger partial charge in [0.15, 0.2) is 11.9 Å². The van der Waals surface area contributed by atoms with E-state index in [1.54, 1.807) is 0 Å². The van der Waals surface area contributed by atoms with Crippen LogP contribution in [0.25, 0.3) is 0 Å². The zero-order chi connectivity index (χ0) is 13.0. The van der Waals surface area contributed by atoms with Crippen molar-refractivity contribution < 1.29 is 9.53 Å². The van der Waals surface area contributed by atoms with Crippen LogP contribution in [0.3, 0.4) is 0 Å². The molecular formula is C15H13BrO2. The predicted molar refractivity (Wildman–Crippen MR) is 74.6 cm³/mol. The van der Waals surface area contributed by atoms with Gasteiger partial charge in [0.2, 0.25) is 0 Å². The number of carbonyl (C=O) groups excluding carboxylic acids is 1. The summed E-state index contributed by atoms with van der Waals surface area (Å²) in [5.74, 6) is 0.676. The number of hydrogen-bond donors (Lipinski definition) is 0. The first kappa shape index (κ1) is 12.8. The molecule has 0 heterocycles. The van der Waals surface area contributed by atoms with Crippen LogP contribution in [0.2, 0.25) is 0 Å². The summed E-state index contributed by atoms with van der Waals surface area (Å²) in [5, 5.41) is 0. The Balaban J connectivity index is 2.27. The maximum absolute atomic E-state index is 11.7. The van der Waals surface area contributed by atoms with Crippen LogP contribution in [-0.4, -0.2) is 5.78 Å². The van der Waals surface area contributed by atoms with Crippen LogP contribution in [0.5, 0.6) is 5.75 Å². The van der Waals surface area contributed by atoms with Crippen molar-refractivity contribution in [2.45, 2.75) is 13.0 Å². The number of rotatable bonds is 4. The molecule has 1 atom stereocenters. The second-order valence-electron chi connectivity index (χ2n) is 3.98. The van der Waals surface area contributed by atoms with Gasteiger partial charge in [-0.15, -0.1) is 0 Å². The molecule has 0 aliphatic rings. The summed E-state index contributed by atoms with van der Waals surface area (Å²) in [7, 11) is 0. The van der Waals surface area contributed by atoms with Gasteiger partial charge in [-0.3, -0.25) is 4.79 Å². The molecule has 0 saturated heterocycles. The Morgan fingerprint density at radius 3 is 2.44 bits per heavy atom. The van der Waals surface area contributed by atoms with Gasteiger partial charge in [0.25, 0.3) is 0 Å². The van der Waals surface area contributed by atoms with E-state index in [-0.39, 0.29) is 5.78 Å². The molecule has 0 spiro atoms. The average Bonchev–Trinajstić information content (AvgIpc) is 2.37. The minimum absolute atomic E-state index is 0.0167. The van der Waals surface area contributed by atoms with Gasteiger partial charge in [0.05, 0.1) is 0 Å². The van der Waals surface area contributed by atoms with Gasteiger partial charge < -0.3 is 4.74 Å². The van der Waals surface area contributed by atoms with Crippen molar-refractivity contribution in [3.8, 4) is 5.75 Å². The fourth-order valence-electron chi connectivity index (χ4n) is 1.69. The molecule has 0 aliphatic heterocycles. The van der Waals surface area contributed by atoms with Crippen LogP contribution in [0.15, 0.2) is 59.1 Å². The van der Waals surface area contributed by atoms with Crippen LogP contribution in [0.1, 0.15) is 18.6 Å². The summed E-state index contributed by atoms with van der Waals surface area (Å²) in [6.45, 7) is 1.54. The lowest BCUT2D eigenvalue weighted by atomic mass is 10.1. The first-order valence-corrected chi connectivity index (χ1v) is 6.44. The molecular weight excluding hydrogens is 292 g/mol. The maximum Gasteiger partial charge on any atom is 0.181 e. The molecule has 1 unspecified atom stereocenters. The summed E-state index contributed by atoms with van der Waals surface area (Å²) in [4.78, 5) is 11.7. The lowest BCUT2D eigenvalue weighted by Crippen LogP contribution is -2.15. The Labute approximate surface area is 115 Å². The highest BCUT2D eigenvalue weighted by Crippen LogP contribution is 2.24. The van der Waals surface area contributed by atoms with E-state index in [1.807, 2.05) is 54.6 Å². The third kappa shape index (κ3) is 3.20. The van der Waals surface area contributed by atoms with E-state index in [0.29, 0.717) is 5.75 Å². The lowest BCUT2D eigenvalue weighted by molar-refractivity contribution is -0.123. The normalized spacial score (nSPS) is 11.9. The molecule has 2 aromatic rings. The molecule has 0 saturated carbocycles. The Hall–Kier alpha value is -1.61. The molecule has 2 aromatic carbocycles. The van der Waals surface area contributed by atoms with Gasteiger partial charge in [-0.05, 0) is 31.2 Å². The number of para-hydroxylation sites is 1. The van der Waals surface area contributed by atoms with E-state index in [2.05, 4.69) is 15.9 Å². The first-order valence-electron chi connectivity index (χ1n) is 5.64. The molecule has 0 radical (unpaired) electrons. The standard InChI is InChI=1S/C15H13BrO2/c1-11(17)15(12-6-5-7-13(16)10-12)18-14-8-3-2-4-9-14/h2-10,15H,1H3. The van der Waals surface area contributed by atoms with E-state index >= 15 is 0 Å². The van der Waals surface area contributed by atoms with Crippen molar-refractivity contribution in [1.29, 1.82) is 0 Å². The number of benzene rings is 2. The Bertz CT molecular complexity index is 537. The van der Waals surface area contributed by atoms with Gasteiger partial charge in [0, 0.05) is 10.0 Å². The second-order valence-corrected chi connectivity index (χ2v) is 4.89. The second kappa shape index (κ2) is 5.83. The van der Waals surface area contributed by atoms with E-state index in [1.165, 1.54) is 6.92 Å². The Morgan fingerprint density at radius 2 is 1.83 bits per heavy atom. The summed E-state index contributed by atoms with van der Waals surface area (Å²) in [6, 6.07) is 17.0. The Morgan fingerprint density at radius 1 is 1.11 bits per heavy atom. The smallest absolute Gasteiger partial charge is 0.181 e. The van der Waals surface area contributed by atoms with Crippen molar-refractivity contribution >= 4 is 21.7 Å². The van der Waals surface area contributed by atoms with E-state index < -0.39 is 6.10 Å². The fourth-order valence-corrected chi connectivity index (χ4v) is 2.11. The van der Waals surface area contributed by atoms with Crippen molar-refractivity contribution in [2.75, 3.05) is 0 Å². The minimum atomic E-state index is -0.565. The van der Waals surface area contributed by atoms with Gasteiger partial charge >= 0.3 is 0 Å².